The van der Waals surface area contributed by atoms with E-state index < -0.39 is 0 Å². The zero-order chi connectivity index (χ0) is 17.9. The molecule has 0 unspecified atom stereocenters. The Bertz CT molecular complexity index is 757. The highest BCUT2D eigenvalue weighted by atomic mass is 32.1. The number of carbonyl (C=O) groups is 2. The lowest BCUT2D eigenvalue weighted by Gasteiger charge is -2.34. The summed E-state index contributed by atoms with van der Waals surface area (Å²) in [5.74, 6) is 1.22. The second-order valence-corrected chi connectivity index (χ2v) is 7.76. The molecule has 26 heavy (non-hydrogen) atoms. The highest BCUT2D eigenvalue weighted by Crippen LogP contribution is 2.18. The summed E-state index contributed by atoms with van der Waals surface area (Å²) in [5, 5.41) is 1.91. The molecule has 2 saturated heterocycles. The van der Waals surface area contributed by atoms with E-state index in [1.807, 2.05) is 28.5 Å². The van der Waals surface area contributed by atoms with E-state index >= 15 is 0 Å². The molecule has 0 radical (unpaired) electrons. The molecule has 2 aliphatic rings. The fraction of sp³-hybridized carbons (Fsp3) is 0.474. The largest absolute Gasteiger partial charge is 0.455 e. The maximum Gasteiger partial charge on any atom is 0.289 e. The van der Waals surface area contributed by atoms with Crippen molar-refractivity contribution in [2.75, 3.05) is 39.3 Å². The molecule has 138 valence electrons. The van der Waals surface area contributed by atoms with Gasteiger partial charge >= 0.3 is 0 Å². The van der Waals surface area contributed by atoms with E-state index in [1.165, 1.54) is 24.2 Å². The van der Waals surface area contributed by atoms with Crippen LogP contribution in [0.2, 0.25) is 0 Å². The van der Waals surface area contributed by atoms with Crippen molar-refractivity contribution >= 4 is 23.2 Å². The molecule has 4 rings (SSSR count). The van der Waals surface area contributed by atoms with Gasteiger partial charge in [-0.25, -0.2) is 0 Å². The van der Waals surface area contributed by atoms with Crippen LogP contribution < -0.4 is 0 Å². The summed E-state index contributed by atoms with van der Waals surface area (Å²) >= 11 is 1.45. The van der Waals surface area contributed by atoms with Crippen LogP contribution in [0.1, 0.15) is 38.8 Å². The molecule has 4 heterocycles. The van der Waals surface area contributed by atoms with Gasteiger partial charge in [-0.3, -0.25) is 14.5 Å². The van der Waals surface area contributed by atoms with Gasteiger partial charge < -0.3 is 14.2 Å². The normalized spacial score (nSPS) is 18.5. The summed E-state index contributed by atoms with van der Waals surface area (Å²) in [7, 11) is 0. The number of thiophene rings is 1. The van der Waals surface area contributed by atoms with E-state index in [9.17, 15) is 9.59 Å². The lowest BCUT2D eigenvalue weighted by Crippen LogP contribution is -2.50. The van der Waals surface area contributed by atoms with E-state index in [4.69, 9.17) is 4.42 Å². The van der Waals surface area contributed by atoms with Gasteiger partial charge in [0.2, 0.25) is 0 Å². The van der Waals surface area contributed by atoms with E-state index in [2.05, 4.69) is 4.90 Å². The van der Waals surface area contributed by atoms with E-state index in [0.29, 0.717) is 31.9 Å². The predicted molar refractivity (Wildman–Crippen MR) is 99.3 cm³/mol. The number of piperazine rings is 1. The Balaban J connectivity index is 1.32. The molecule has 2 amide bonds. The van der Waals surface area contributed by atoms with Crippen molar-refractivity contribution < 1.29 is 14.0 Å². The molecule has 2 aromatic rings. The molecule has 0 spiro atoms. The summed E-state index contributed by atoms with van der Waals surface area (Å²) in [5.41, 5.74) is 0. The Morgan fingerprint density at radius 2 is 1.62 bits per heavy atom. The maximum atomic E-state index is 12.7. The highest BCUT2D eigenvalue weighted by Gasteiger charge is 2.27. The Labute approximate surface area is 157 Å². The maximum absolute atomic E-state index is 12.7. The van der Waals surface area contributed by atoms with E-state index in [1.54, 1.807) is 11.0 Å². The molecule has 0 bridgehead atoms. The summed E-state index contributed by atoms with van der Waals surface area (Å²) < 4.78 is 5.78. The summed E-state index contributed by atoms with van der Waals surface area (Å²) in [6.45, 7) is 5.18. The summed E-state index contributed by atoms with van der Waals surface area (Å²) in [6.07, 6.45) is 2.47. The van der Waals surface area contributed by atoms with Crippen molar-refractivity contribution in [1.29, 1.82) is 0 Å². The minimum absolute atomic E-state index is 0.0537. The SMILES string of the molecule is O=C(c1ccc(CN2CCCC2)o1)N1CCN(C(=O)c2cccs2)CC1. The van der Waals surface area contributed by atoms with Crippen LogP contribution in [0.3, 0.4) is 0 Å². The second kappa shape index (κ2) is 7.63. The first kappa shape index (κ1) is 17.3. The Morgan fingerprint density at radius 1 is 0.923 bits per heavy atom. The van der Waals surface area contributed by atoms with Gasteiger partial charge in [0.05, 0.1) is 11.4 Å². The lowest BCUT2D eigenvalue weighted by molar-refractivity contribution is 0.0519. The van der Waals surface area contributed by atoms with Crippen molar-refractivity contribution in [1.82, 2.24) is 14.7 Å². The predicted octanol–water partition coefficient (Wildman–Crippen LogP) is 2.54. The molecule has 7 heteroatoms. The molecule has 2 fully saturated rings. The average molecular weight is 373 g/mol. The average Bonchev–Trinajstić information content (AvgIpc) is 3.43. The lowest BCUT2D eigenvalue weighted by atomic mass is 10.2. The van der Waals surface area contributed by atoms with Crippen molar-refractivity contribution in [3.8, 4) is 0 Å². The van der Waals surface area contributed by atoms with Gasteiger partial charge in [0.15, 0.2) is 5.76 Å². The number of hydrogen-bond donors (Lipinski definition) is 0. The zero-order valence-electron chi connectivity index (χ0n) is 14.7. The van der Waals surface area contributed by atoms with Gasteiger partial charge in [-0.2, -0.15) is 0 Å². The molecular formula is C19H23N3O3S. The number of hydrogen-bond acceptors (Lipinski definition) is 5. The molecule has 2 aliphatic heterocycles. The number of carbonyl (C=O) groups excluding carboxylic acids is 2. The number of furan rings is 1. The van der Waals surface area contributed by atoms with Gasteiger partial charge in [-0.1, -0.05) is 6.07 Å². The fourth-order valence-corrected chi connectivity index (χ4v) is 4.25. The topological polar surface area (TPSA) is 57.0 Å². The molecule has 6 nitrogen and oxygen atoms in total. The minimum atomic E-state index is -0.0825. The quantitative estimate of drug-likeness (QED) is 0.826. The van der Waals surface area contributed by atoms with Gasteiger partial charge in [-0.05, 0) is 49.5 Å². The van der Waals surface area contributed by atoms with Crippen molar-refractivity contribution in [3.05, 3.63) is 46.0 Å². The summed E-state index contributed by atoms with van der Waals surface area (Å²) in [6, 6.07) is 7.41. The first-order valence-electron chi connectivity index (χ1n) is 9.14. The number of amides is 2. The molecule has 0 aliphatic carbocycles. The third-order valence-corrected chi connectivity index (χ3v) is 5.89. The van der Waals surface area contributed by atoms with Crippen LogP contribution in [0, 0.1) is 0 Å². The monoisotopic (exact) mass is 373 g/mol. The smallest absolute Gasteiger partial charge is 0.289 e. The minimum Gasteiger partial charge on any atom is -0.455 e. The first-order valence-corrected chi connectivity index (χ1v) is 10.0. The van der Waals surface area contributed by atoms with Gasteiger partial charge in [0.25, 0.3) is 11.8 Å². The van der Waals surface area contributed by atoms with Crippen LogP contribution in [-0.4, -0.2) is 65.8 Å². The van der Waals surface area contributed by atoms with Crippen LogP contribution in [0.25, 0.3) is 0 Å². The van der Waals surface area contributed by atoms with Crippen LogP contribution in [0.15, 0.2) is 34.1 Å². The van der Waals surface area contributed by atoms with E-state index in [0.717, 1.165) is 30.3 Å². The van der Waals surface area contributed by atoms with Gasteiger partial charge in [-0.15, -0.1) is 11.3 Å². The molecule has 0 atom stereocenters. The Morgan fingerprint density at radius 3 is 2.27 bits per heavy atom. The van der Waals surface area contributed by atoms with Crippen molar-refractivity contribution in [2.24, 2.45) is 0 Å². The van der Waals surface area contributed by atoms with Gasteiger partial charge in [0.1, 0.15) is 5.76 Å². The second-order valence-electron chi connectivity index (χ2n) is 6.81. The Hall–Kier alpha value is -2.12. The van der Waals surface area contributed by atoms with Crippen LogP contribution in [0.5, 0.6) is 0 Å². The molecule has 0 N–H and O–H groups in total. The number of rotatable bonds is 4. The first-order chi connectivity index (χ1) is 12.7. The zero-order valence-corrected chi connectivity index (χ0v) is 15.5. The Kier molecular flexibility index (Phi) is 5.08. The number of nitrogens with zero attached hydrogens (tertiary/aromatic N) is 3. The van der Waals surface area contributed by atoms with Crippen LogP contribution in [0.4, 0.5) is 0 Å². The van der Waals surface area contributed by atoms with Crippen molar-refractivity contribution in [2.45, 2.75) is 19.4 Å². The van der Waals surface area contributed by atoms with E-state index in [-0.39, 0.29) is 11.8 Å². The molecule has 2 aromatic heterocycles. The molecule has 0 saturated carbocycles. The van der Waals surface area contributed by atoms with Crippen molar-refractivity contribution in [3.63, 3.8) is 0 Å². The van der Waals surface area contributed by atoms with Crippen LogP contribution >= 0.6 is 11.3 Å². The molecule has 0 aromatic carbocycles. The fourth-order valence-electron chi connectivity index (χ4n) is 3.56. The number of likely N-dealkylation sites (tertiary alicyclic amines) is 1. The highest BCUT2D eigenvalue weighted by molar-refractivity contribution is 7.12. The van der Waals surface area contributed by atoms with Gasteiger partial charge in [0, 0.05) is 26.2 Å². The van der Waals surface area contributed by atoms with Crippen LogP contribution in [-0.2, 0) is 6.54 Å². The third-order valence-electron chi connectivity index (χ3n) is 5.04. The standard InChI is InChI=1S/C19H23N3O3S/c23-18(16-6-5-15(25-16)14-20-7-1-2-8-20)21-9-11-22(12-10-21)19(24)17-4-3-13-26-17/h3-6,13H,1-2,7-12,14H2. The molecular weight excluding hydrogens is 350 g/mol. The third kappa shape index (κ3) is 3.68. The summed E-state index contributed by atoms with van der Waals surface area (Å²) in [4.78, 5) is 31.7.